The Morgan fingerprint density at radius 1 is 1.47 bits per heavy atom. The summed E-state index contributed by atoms with van der Waals surface area (Å²) >= 11 is 0. The summed E-state index contributed by atoms with van der Waals surface area (Å²) in [6.07, 6.45) is 1.78. The molecule has 0 unspecified atom stereocenters. The lowest BCUT2D eigenvalue weighted by Crippen LogP contribution is -2.31. The largest absolute Gasteiger partial charge is 0.465 e. The van der Waals surface area contributed by atoms with Gasteiger partial charge in [0.05, 0.1) is 18.8 Å². The molecule has 0 radical (unpaired) electrons. The van der Waals surface area contributed by atoms with Crippen molar-refractivity contribution in [3.05, 3.63) is 29.6 Å². The quantitative estimate of drug-likeness (QED) is 0.706. The highest BCUT2D eigenvalue weighted by Gasteiger charge is 2.11. The molecule has 4 heteroatoms. The molecular formula is C13H20N2O2. The predicted molar refractivity (Wildman–Crippen MR) is 66.6 cm³/mol. The number of carbonyl (C=O) groups is 1. The monoisotopic (exact) mass is 236 g/mol. The predicted octanol–water partition coefficient (Wildman–Crippen LogP) is 1.78. The first kappa shape index (κ1) is 13.6. The summed E-state index contributed by atoms with van der Waals surface area (Å²) in [6, 6.07) is 3.95. The first-order chi connectivity index (χ1) is 8.17. The molecule has 1 aromatic rings. The zero-order valence-electron chi connectivity index (χ0n) is 10.8. The minimum absolute atomic E-state index is 0.178. The smallest absolute Gasteiger partial charge is 0.320 e. The van der Waals surface area contributed by atoms with E-state index in [2.05, 4.69) is 4.98 Å². The molecule has 1 rings (SSSR count). The molecule has 0 bridgehead atoms. The molecular weight excluding hydrogens is 216 g/mol. The van der Waals surface area contributed by atoms with Crippen molar-refractivity contribution in [3.8, 4) is 0 Å². The summed E-state index contributed by atoms with van der Waals surface area (Å²) in [5.41, 5.74) is 2.16. The van der Waals surface area contributed by atoms with Crippen LogP contribution in [-0.2, 0) is 16.1 Å². The van der Waals surface area contributed by atoms with Gasteiger partial charge in [-0.15, -0.1) is 0 Å². The van der Waals surface area contributed by atoms with Crippen molar-refractivity contribution >= 4 is 5.97 Å². The van der Waals surface area contributed by atoms with Gasteiger partial charge in [-0.25, -0.2) is 0 Å². The SMILES string of the molecule is CCOC(=O)CN(CC)Cc1ncccc1C. The maximum absolute atomic E-state index is 11.4. The molecule has 0 atom stereocenters. The van der Waals surface area contributed by atoms with Crippen LogP contribution in [0.3, 0.4) is 0 Å². The molecule has 1 heterocycles. The fraction of sp³-hybridized carbons (Fsp3) is 0.538. The second kappa shape index (κ2) is 7.01. The molecule has 0 spiro atoms. The van der Waals surface area contributed by atoms with Crippen molar-refractivity contribution < 1.29 is 9.53 Å². The van der Waals surface area contributed by atoms with E-state index >= 15 is 0 Å². The highest BCUT2D eigenvalue weighted by Crippen LogP contribution is 2.07. The fourth-order valence-electron chi connectivity index (χ4n) is 1.56. The van der Waals surface area contributed by atoms with Crippen LogP contribution in [0.5, 0.6) is 0 Å². The molecule has 0 aliphatic carbocycles. The summed E-state index contributed by atoms with van der Waals surface area (Å²) in [5.74, 6) is -0.178. The first-order valence-electron chi connectivity index (χ1n) is 5.95. The third kappa shape index (κ3) is 4.53. The summed E-state index contributed by atoms with van der Waals surface area (Å²) in [6.45, 7) is 8.10. The van der Waals surface area contributed by atoms with E-state index in [1.807, 2.05) is 37.8 Å². The Morgan fingerprint density at radius 3 is 2.82 bits per heavy atom. The van der Waals surface area contributed by atoms with Crippen molar-refractivity contribution in [3.63, 3.8) is 0 Å². The summed E-state index contributed by atoms with van der Waals surface area (Å²) in [7, 11) is 0. The lowest BCUT2D eigenvalue weighted by molar-refractivity contribution is -0.144. The first-order valence-corrected chi connectivity index (χ1v) is 5.95. The van der Waals surface area contributed by atoms with Crippen LogP contribution < -0.4 is 0 Å². The van der Waals surface area contributed by atoms with Crippen LogP contribution in [0.1, 0.15) is 25.1 Å². The second-order valence-electron chi connectivity index (χ2n) is 3.88. The molecule has 4 nitrogen and oxygen atoms in total. The Bertz CT molecular complexity index is 366. The van der Waals surface area contributed by atoms with Crippen LogP contribution in [0, 0.1) is 6.92 Å². The molecule has 0 aliphatic heterocycles. The van der Waals surface area contributed by atoms with Crippen LogP contribution in [-0.4, -0.2) is 35.5 Å². The number of esters is 1. The summed E-state index contributed by atoms with van der Waals surface area (Å²) < 4.78 is 4.94. The van der Waals surface area contributed by atoms with Crippen molar-refractivity contribution in [1.82, 2.24) is 9.88 Å². The highest BCUT2D eigenvalue weighted by atomic mass is 16.5. The van der Waals surface area contributed by atoms with Crippen LogP contribution in [0.4, 0.5) is 0 Å². The minimum Gasteiger partial charge on any atom is -0.465 e. The lowest BCUT2D eigenvalue weighted by atomic mass is 10.2. The standard InChI is InChI=1S/C13H20N2O2/c1-4-15(10-13(16)17-5-2)9-12-11(3)7-6-8-14-12/h6-8H,4-5,9-10H2,1-3H3. The maximum Gasteiger partial charge on any atom is 0.320 e. The second-order valence-corrected chi connectivity index (χ2v) is 3.88. The van der Waals surface area contributed by atoms with E-state index in [1.54, 1.807) is 6.20 Å². The number of aryl methyl sites for hydroxylation is 1. The number of likely N-dealkylation sites (N-methyl/N-ethyl adjacent to an activating group) is 1. The van der Waals surface area contributed by atoms with E-state index in [0.29, 0.717) is 19.7 Å². The Labute approximate surface area is 103 Å². The number of pyridine rings is 1. The molecule has 1 aromatic heterocycles. The number of nitrogens with zero attached hydrogens (tertiary/aromatic N) is 2. The van der Waals surface area contributed by atoms with E-state index in [1.165, 1.54) is 0 Å². The molecule has 0 saturated carbocycles. The van der Waals surface area contributed by atoms with Gasteiger partial charge in [0.1, 0.15) is 0 Å². The van der Waals surface area contributed by atoms with Crippen LogP contribution in [0.2, 0.25) is 0 Å². The van der Waals surface area contributed by atoms with Crippen molar-refractivity contribution in [2.45, 2.75) is 27.3 Å². The average molecular weight is 236 g/mol. The fourth-order valence-corrected chi connectivity index (χ4v) is 1.56. The highest BCUT2D eigenvalue weighted by molar-refractivity contribution is 5.71. The van der Waals surface area contributed by atoms with E-state index < -0.39 is 0 Å². The van der Waals surface area contributed by atoms with Gasteiger partial charge in [-0.2, -0.15) is 0 Å². The lowest BCUT2D eigenvalue weighted by Gasteiger charge is -2.19. The third-order valence-electron chi connectivity index (χ3n) is 2.60. The van der Waals surface area contributed by atoms with Crippen molar-refractivity contribution in [2.75, 3.05) is 19.7 Å². The minimum atomic E-state index is -0.178. The number of aromatic nitrogens is 1. The number of hydrogen-bond donors (Lipinski definition) is 0. The Morgan fingerprint density at radius 2 is 2.24 bits per heavy atom. The Kier molecular flexibility index (Phi) is 5.63. The molecule has 0 saturated heterocycles. The topological polar surface area (TPSA) is 42.4 Å². The van der Waals surface area contributed by atoms with Crippen LogP contribution >= 0.6 is 0 Å². The molecule has 0 aromatic carbocycles. The molecule has 0 N–H and O–H groups in total. The van der Waals surface area contributed by atoms with Gasteiger partial charge in [0.15, 0.2) is 0 Å². The van der Waals surface area contributed by atoms with Gasteiger partial charge in [0.2, 0.25) is 0 Å². The van der Waals surface area contributed by atoms with Gasteiger partial charge in [-0.3, -0.25) is 14.7 Å². The molecule has 94 valence electrons. The molecule has 0 fully saturated rings. The Hall–Kier alpha value is -1.42. The van der Waals surface area contributed by atoms with E-state index in [9.17, 15) is 4.79 Å². The van der Waals surface area contributed by atoms with E-state index in [-0.39, 0.29) is 5.97 Å². The zero-order valence-corrected chi connectivity index (χ0v) is 10.8. The van der Waals surface area contributed by atoms with Gasteiger partial charge in [-0.1, -0.05) is 13.0 Å². The van der Waals surface area contributed by atoms with Gasteiger partial charge in [0.25, 0.3) is 0 Å². The average Bonchev–Trinajstić information content (AvgIpc) is 2.31. The number of ether oxygens (including phenoxy) is 1. The number of carbonyl (C=O) groups excluding carboxylic acids is 1. The van der Waals surface area contributed by atoms with Gasteiger partial charge < -0.3 is 4.74 Å². The van der Waals surface area contributed by atoms with E-state index in [0.717, 1.165) is 17.8 Å². The zero-order chi connectivity index (χ0) is 12.7. The maximum atomic E-state index is 11.4. The van der Waals surface area contributed by atoms with Gasteiger partial charge >= 0.3 is 5.97 Å². The van der Waals surface area contributed by atoms with Crippen molar-refractivity contribution in [2.24, 2.45) is 0 Å². The number of rotatable bonds is 6. The molecule has 0 aliphatic rings. The third-order valence-corrected chi connectivity index (χ3v) is 2.60. The Balaban J connectivity index is 2.58. The van der Waals surface area contributed by atoms with Crippen LogP contribution in [0.15, 0.2) is 18.3 Å². The van der Waals surface area contributed by atoms with Crippen molar-refractivity contribution in [1.29, 1.82) is 0 Å². The van der Waals surface area contributed by atoms with E-state index in [4.69, 9.17) is 4.74 Å². The molecule has 0 amide bonds. The normalized spacial score (nSPS) is 10.6. The summed E-state index contributed by atoms with van der Waals surface area (Å²) in [4.78, 5) is 17.7. The number of hydrogen-bond acceptors (Lipinski definition) is 4. The van der Waals surface area contributed by atoms with Gasteiger partial charge in [-0.05, 0) is 32.0 Å². The summed E-state index contributed by atoms with van der Waals surface area (Å²) in [5, 5.41) is 0. The van der Waals surface area contributed by atoms with Crippen LogP contribution in [0.25, 0.3) is 0 Å². The van der Waals surface area contributed by atoms with Gasteiger partial charge in [0, 0.05) is 12.7 Å². The molecule has 17 heavy (non-hydrogen) atoms.